The molecule has 0 radical (unpaired) electrons. The lowest BCUT2D eigenvalue weighted by Gasteiger charge is -2.38. The maximum absolute atomic E-state index is 5.48. The molecule has 6 nitrogen and oxygen atoms in total. The SMILES string of the molecule is CN=C(NCc1nccs1)N1CCN(c2ccccc2OC)CC1.I. The van der Waals surface area contributed by atoms with E-state index in [0.717, 1.165) is 55.1 Å². The summed E-state index contributed by atoms with van der Waals surface area (Å²) >= 11 is 1.65. The highest BCUT2D eigenvalue weighted by Crippen LogP contribution is 2.28. The van der Waals surface area contributed by atoms with Crippen LogP contribution in [0.4, 0.5) is 5.69 Å². The number of halogens is 1. The van der Waals surface area contributed by atoms with E-state index in [0.29, 0.717) is 0 Å². The molecular formula is C17H24IN5OS. The number of hydrogen-bond acceptors (Lipinski definition) is 5. The summed E-state index contributed by atoms with van der Waals surface area (Å²) in [7, 11) is 3.55. The molecule has 0 saturated carbocycles. The average molecular weight is 473 g/mol. The van der Waals surface area contributed by atoms with Crippen LogP contribution in [0.2, 0.25) is 0 Å². The summed E-state index contributed by atoms with van der Waals surface area (Å²) in [6.45, 7) is 4.46. The first-order valence-electron chi connectivity index (χ1n) is 8.03. The second kappa shape index (κ2) is 9.81. The van der Waals surface area contributed by atoms with Crippen LogP contribution in [0.25, 0.3) is 0 Å². The Balaban J connectivity index is 0.00000225. The number of guanidine groups is 1. The number of nitrogens with one attached hydrogen (secondary N) is 1. The molecule has 1 aliphatic rings. The number of methoxy groups -OCH3 is 1. The maximum Gasteiger partial charge on any atom is 0.194 e. The summed E-state index contributed by atoms with van der Waals surface area (Å²) in [6.07, 6.45) is 1.83. The van der Waals surface area contributed by atoms with Gasteiger partial charge >= 0.3 is 0 Å². The lowest BCUT2D eigenvalue weighted by Crippen LogP contribution is -2.52. The van der Waals surface area contributed by atoms with Gasteiger partial charge in [0.15, 0.2) is 5.96 Å². The van der Waals surface area contributed by atoms with Crippen molar-refractivity contribution in [2.75, 3.05) is 45.2 Å². The van der Waals surface area contributed by atoms with E-state index in [-0.39, 0.29) is 24.0 Å². The van der Waals surface area contributed by atoms with Gasteiger partial charge in [-0.3, -0.25) is 4.99 Å². The second-order valence-corrected chi connectivity index (χ2v) is 6.45. The lowest BCUT2D eigenvalue weighted by molar-refractivity contribution is 0.367. The maximum atomic E-state index is 5.48. The summed E-state index contributed by atoms with van der Waals surface area (Å²) in [5.41, 5.74) is 1.16. The third kappa shape index (κ3) is 4.97. The normalized spacial score (nSPS) is 14.9. The van der Waals surface area contributed by atoms with Crippen LogP contribution in [0.1, 0.15) is 5.01 Å². The topological polar surface area (TPSA) is 53.0 Å². The smallest absolute Gasteiger partial charge is 0.194 e. The molecule has 2 heterocycles. The quantitative estimate of drug-likeness (QED) is 0.421. The first kappa shape index (κ1) is 19.8. The van der Waals surface area contributed by atoms with Gasteiger partial charge in [-0.2, -0.15) is 0 Å². The highest BCUT2D eigenvalue weighted by molar-refractivity contribution is 14.0. The van der Waals surface area contributed by atoms with Crippen LogP contribution in [0.3, 0.4) is 0 Å². The fraction of sp³-hybridized carbons (Fsp3) is 0.412. The summed E-state index contributed by atoms with van der Waals surface area (Å²) in [5, 5.41) is 6.46. The number of benzene rings is 1. The minimum absolute atomic E-state index is 0. The van der Waals surface area contributed by atoms with E-state index >= 15 is 0 Å². The molecule has 1 N–H and O–H groups in total. The minimum atomic E-state index is 0. The molecule has 136 valence electrons. The molecule has 1 aliphatic heterocycles. The van der Waals surface area contributed by atoms with E-state index in [2.05, 4.69) is 37.2 Å². The average Bonchev–Trinajstić information content (AvgIpc) is 3.16. The Morgan fingerprint density at radius 3 is 2.68 bits per heavy atom. The van der Waals surface area contributed by atoms with Crippen molar-refractivity contribution < 1.29 is 4.74 Å². The summed E-state index contributed by atoms with van der Waals surface area (Å²) < 4.78 is 5.48. The molecule has 1 fully saturated rings. The molecule has 1 aromatic heterocycles. The number of nitrogens with zero attached hydrogens (tertiary/aromatic N) is 4. The molecule has 25 heavy (non-hydrogen) atoms. The molecule has 0 aliphatic carbocycles. The van der Waals surface area contributed by atoms with Gasteiger partial charge in [0.2, 0.25) is 0 Å². The van der Waals surface area contributed by atoms with Crippen LogP contribution in [0.5, 0.6) is 5.75 Å². The van der Waals surface area contributed by atoms with Crippen LogP contribution in [-0.2, 0) is 6.54 Å². The fourth-order valence-electron chi connectivity index (χ4n) is 2.88. The molecule has 3 rings (SSSR count). The highest BCUT2D eigenvalue weighted by Gasteiger charge is 2.21. The third-order valence-corrected chi connectivity index (χ3v) is 4.88. The predicted molar refractivity (Wildman–Crippen MR) is 115 cm³/mol. The van der Waals surface area contributed by atoms with Crippen LogP contribution >= 0.6 is 35.3 Å². The highest BCUT2D eigenvalue weighted by atomic mass is 127. The van der Waals surface area contributed by atoms with Crippen molar-refractivity contribution in [3.05, 3.63) is 40.8 Å². The Hall–Kier alpha value is -1.55. The number of aromatic nitrogens is 1. The number of thiazole rings is 1. The van der Waals surface area contributed by atoms with Gasteiger partial charge in [0.1, 0.15) is 10.8 Å². The zero-order chi connectivity index (χ0) is 16.8. The van der Waals surface area contributed by atoms with Gasteiger partial charge in [-0.15, -0.1) is 35.3 Å². The Bertz CT molecular complexity index is 671. The molecule has 0 spiro atoms. The standard InChI is InChI=1S/C17H23N5OS.HI/c1-18-17(20-13-16-19-7-12-24-16)22-10-8-21(9-11-22)14-5-3-4-6-15(14)23-2;/h3-7,12H,8-11,13H2,1-2H3,(H,18,20);1H. The molecule has 1 aromatic carbocycles. The Labute approximate surface area is 169 Å². The number of aliphatic imine (C=N–C) groups is 1. The molecule has 8 heteroatoms. The Morgan fingerprint density at radius 1 is 1.28 bits per heavy atom. The van der Waals surface area contributed by atoms with Crippen molar-refractivity contribution >= 4 is 47.0 Å². The van der Waals surface area contributed by atoms with Gasteiger partial charge in [0.05, 0.1) is 19.3 Å². The number of rotatable bonds is 4. The van der Waals surface area contributed by atoms with Gasteiger partial charge in [0, 0.05) is 44.8 Å². The molecule has 0 amide bonds. The van der Waals surface area contributed by atoms with Crippen molar-refractivity contribution in [1.29, 1.82) is 0 Å². The van der Waals surface area contributed by atoms with Crippen LogP contribution in [0, 0.1) is 0 Å². The lowest BCUT2D eigenvalue weighted by atomic mass is 10.2. The number of piperazine rings is 1. The van der Waals surface area contributed by atoms with Gasteiger partial charge in [-0.1, -0.05) is 12.1 Å². The second-order valence-electron chi connectivity index (χ2n) is 5.47. The van der Waals surface area contributed by atoms with Gasteiger partial charge in [0.25, 0.3) is 0 Å². The van der Waals surface area contributed by atoms with Crippen LogP contribution < -0.4 is 15.0 Å². The first-order valence-corrected chi connectivity index (χ1v) is 8.91. The van der Waals surface area contributed by atoms with Gasteiger partial charge in [-0.05, 0) is 12.1 Å². The molecule has 0 atom stereocenters. The Kier molecular flexibility index (Phi) is 7.76. The summed E-state index contributed by atoms with van der Waals surface area (Å²) in [5.74, 6) is 1.86. The van der Waals surface area contributed by atoms with E-state index in [9.17, 15) is 0 Å². The molecule has 2 aromatic rings. The van der Waals surface area contributed by atoms with Gasteiger partial charge < -0.3 is 19.9 Å². The zero-order valence-electron chi connectivity index (χ0n) is 14.5. The summed E-state index contributed by atoms with van der Waals surface area (Å²) in [6, 6.07) is 8.18. The molecule has 0 unspecified atom stereocenters. The monoisotopic (exact) mass is 473 g/mol. The number of hydrogen-bond donors (Lipinski definition) is 1. The molecule has 0 bridgehead atoms. The predicted octanol–water partition coefficient (Wildman–Crippen LogP) is 2.67. The first-order chi connectivity index (χ1) is 11.8. The van der Waals surface area contributed by atoms with E-state index in [4.69, 9.17) is 4.74 Å². The van der Waals surface area contributed by atoms with Crippen molar-refractivity contribution in [2.24, 2.45) is 4.99 Å². The van der Waals surface area contributed by atoms with Crippen LogP contribution in [0.15, 0.2) is 40.8 Å². The largest absolute Gasteiger partial charge is 0.495 e. The minimum Gasteiger partial charge on any atom is -0.495 e. The van der Waals surface area contributed by atoms with E-state index < -0.39 is 0 Å². The van der Waals surface area contributed by atoms with Crippen molar-refractivity contribution in [3.63, 3.8) is 0 Å². The number of anilines is 1. The van der Waals surface area contributed by atoms with Crippen molar-refractivity contribution in [1.82, 2.24) is 15.2 Å². The third-order valence-electron chi connectivity index (χ3n) is 4.10. The molecular weight excluding hydrogens is 449 g/mol. The summed E-state index contributed by atoms with van der Waals surface area (Å²) in [4.78, 5) is 13.4. The zero-order valence-corrected chi connectivity index (χ0v) is 17.7. The molecule has 1 saturated heterocycles. The van der Waals surface area contributed by atoms with E-state index in [1.54, 1.807) is 18.4 Å². The number of para-hydroxylation sites is 2. The fourth-order valence-corrected chi connectivity index (χ4v) is 3.43. The number of ether oxygens (including phenoxy) is 1. The Morgan fingerprint density at radius 2 is 2.04 bits per heavy atom. The van der Waals surface area contributed by atoms with Gasteiger partial charge in [-0.25, -0.2) is 4.98 Å². The van der Waals surface area contributed by atoms with Crippen molar-refractivity contribution in [2.45, 2.75) is 6.54 Å². The van der Waals surface area contributed by atoms with E-state index in [1.165, 1.54) is 0 Å². The van der Waals surface area contributed by atoms with E-state index in [1.807, 2.05) is 30.8 Å². The van der Waals surface area contributed by atoms with Crippen molar-refractivity contribution in [3.8, 4) is 5.75 Å². The van der Waals surface area contributed by atoms with Crippen LogP contribution in [-0.4, -0.2) is 56.2 Å².